The summed E-state index contributed by atoms with van der Waals surface area (Å²) in [6.45, 7) is 5.72. The minimum atomic E-state index is -0.406. The topological polar surface area (TPSA) is 91.1 Å². The van der Waals surface area contributed by atoms with E-state index in [4.69, 9.17) is 0 Å². The summed E-state index contributed by atoms with van der Waals surface area (Å²) in [5.74, 6) is 1.90. The summed E-state index contributed by atoms with van der Waals surface area (Å²) in [5.41, 5.74) is 0.999. The summed E-state index contributed by atoms with van der Waals surface area (Å²) in [5, 5.41) is 14.1. The van der Waals surface area contributed by atoms with Gasteiger partial charge in [-0.05, 0) is 11.8 Å². The van der Waals surface area contributed by atoms with E-state index in [1.807, 2.05) is 4.90 Å². The van der Waals surface area contributed by atoms with Gasteiger partial charge in [-0.3, -0.25) is 14.9 Å². The van der Waals surface area contributed by atoms with Crippen molar-refractivity contribution in [1.82, 2.24) is 15.1 Å². The van der Waals surface area contributed by atoms with E-state index in [1.165, 1.54) is 12.1 Å². The van der Waals surface area contributed by atoms with Crippen molar-refractivity contribution >= 4 is 29.3 Å². The molecule has 0 atom stereocenters. The average molecular weight is 379 g/mol. The minimum Gasteiger partial charge on any atom is -0.355 e. The van der Waals surface area contributed by atoms with Crippen LogP contribution in [0.3, 0.4) is 0 Å². The smallest absolute Gasteiger partial charge is 0.269 e. The highest BCUT2D eigenvalue weighted by Gasteiger charge is 2.21. The molecule has 0 radical (unpaired) electrons. The summed E-state index contributed by atoms with van der Waals surface area (Å²) < 4.78 is 0. The lowest BCUT2D eigenvalue weighted by molar-refractivity contribution is -0.384. The molecule has 1 saturated heterocycles. The highest BCUT2D eigenvalue weighted by molar-refractivity contribution is 7.98. The van der Waals surface area contributed by atoms with Crippen LogP contribution in [-0.2, 0) is 11.3 Å². The zero-order valence-corrected chi connectivity index (χ0v) is 16.0. The third-order valence-corrected chi connectivity index (χ3v) is 4.78. The fraction of sp³-hybridized carbons (Fsp3) is 0.529. The molecular weight excluding hydrogens is 354 g/mol. The van der Waals surface area contributed by atoms with Crippen molar-refractivity contribution in [3.63, 3.8) is 0 Å². The molecule has 26 heavy (non-hydrogen) atoms. The molecular formula is C17H25N5O3S. The predicted molar refractivity (Wildman–Crippen MR) is 104 cm³/mol. The van der Waals surface area contributed by atoms with Crippen LogP contribution in [0.1, 0.15) is 12.5 Å². The minimum absolute atomic E-state index is 0.0800. The van der Waals surface area contributed by atoms with Crippen LogP contribution >= 0.6 is 11.8 Å². The molecule has 1 fully saturated rings. The lowest BCUT2D eigenvalue weighted by Gasteiger charge is -2.36. The Morgan fingerprint density at radius 3 is 2.38 bits per heavy atom. The number of piperazine rings is 1. The average Bonchev–Trinajstić information content (AvgIpc) is 2.65. The van der Waals surface area contributed by atoms with E-state index in [-0.39, 0.29) is 11.6 Å². The Morgan fingerprint density at radius 1 is 1.23 bits per heavy atom. The summed E-state index contributed by atoms with van der Waals surface area (Å²) in [4.78, 5) is 30.5. The molecule has 1 aliphatic heterocycles. The van der Waals surface area contributed by atoms with Crippen LogP contribution in [0.5, 0.6) is 0 Å². The van der Waals surface area contributed by atoms with Crippen LogP contribution in [0.15, 0.2) is 29.3 Å². The SMILES string of the molecule is CSCCNC(=NCc1ccc([N+](=O)[O-])cc1)N1CCN(C(C)=O)CC1. The molecule has 1 aromatic rings. The molecule has 0 spiro atoms. The van der Waals surface area contributed by atoms with Gasteiger partial charge in [0.2, 0.25) is 5.91 Å². The second kappa shape index (κ2) is 10.0. The monoisotopic (exact) mass is 379 g/mol. The highest BCUT2D eigenvalue weighted by Crippen LogP contribution is 2.13. The van der Waals surface area contributed by atoms with Gasteiger partial charge in [-0.15, -0.1) is 0 Å². The Balaban J connectivity index is 2.02. The molecule has 1 aromatic carbocycles. The van der Waals surface area contributed by atoms with E-state index in [1.54, 1.807) is 30.8 Å². The number of guanidine groups is 1. The second-order valence-electron chi connectivity index (χ2n) is 5.98. The third-order valence-electron chi connectivity index (χ3n) is 4.17. The Morgan fingerprint density at radius 2 is 1.85 bits per heavy atom. The van der Waals surface area contributed by atoms with Gasteiger partial charge >= 0.3 is 0 Å². The summed E-state index contributed by atoms with van der Waals surface area (Å²) in [6.07, 6.45) is 2.06. The van der Waals surface area contributed by atoms with Crippen molar-refractivity contribution in [2.45, 2.75) is 13.5 Å². The Bertz CT molecular complexity index is 642. The number of nitrogens with one attached hydrogen (secondary N) is 1. The number of aliphatic imine (C=N–C) groups is 1. The number of nitro groups is 1. The summed E-state index contributed by atoms with van der Waals surface area (Å²) >= 11 is 1.76. The number of nitrogens with zero attached hydrogens (tertiary/aromatic N) is 4. The van der Waals surface area contributed by atoms with Crippen molar-refractivity contribution in [2.75, 3.05) is 44.7 Å². The number of nitro benzene ring substituents is 1. The van der Waals surface area contributed by atoms with E-state index in [0.29, 0.717) is 19.6 Å². The first-order valence-corrected chi connectivity index (χ1v) is 9.91. The number of thioether (sulfide) groups is 1. The normalized spacial score (nSPS) is 15.1. The zero-order chi connectivity index (χ0) is 18.9. The first-order chi connectivity index (χ1) is 12.5. The predicted octanol–water partition coefficient (Wildman–Crippen LogP) is 1.57. The second-order valence-corrected chi connectivity index (χ2v) is 6.96. The molecule has 142 valence electrons. The molecule has 0 saturated carbocycles. The van der Waals surface area contributed by atoms with Crippen LogP contribution in [0.25, 0.3) is 0 Å². The van der Waals surface area contributed by atoms with Gasteiger partial charge < -0.3 is 15.1 Å². The van der Waals surface area contributed by atoms with Gasteiger partial charge in [-0.1, -0.05) is 12.1 Å². The van der Waals surface area contributed by atoms with Gasteiger partial charge in [0, 0.05) is 57.5 Å². The highest BCUT2D eigenvalue weighted by atomic mass is 32.2. The molecule has 1 N–H and O–H groups in total. The molecule has 9 heteroatoms. The largest absolute Gasteiger partial charge is 0.355 e. The first-order valence-electron chi connectivity index (χ1n) is 8.52. The van der Waals surface area contributed by atoms with E-state index in [2.05, 4.69) is 21.5 Å². The first kappa shape index (κ1) is 20.0. The van der Waals surface area contributed by atoms with Gasteiger partial charge in [0.15, 0.2) is 5.96 Å². The number of rotatable bonds is 6. The van der Waals surface area contributed by atoms with Crippen LogP contribution in [0, 0.1) is 10.1 Å². The quantitative estimate of drug-likeness (QED) is 0.265. The Hall–Kier alpha value is -2.29. The molecule has 0 aromatic heterocycles. The van der Waals surface area contributed by atoms with Crippen molar-refractivity contribution in [2.24, 2.45) is 4.99 Å². The molecule has 2 rings (SSSR count). The van der Waals surface area contributed by atoms with Gasteiger partial charge in [-0.2, -0.15) is 11.8 Å². The molecule has 1 aliphatic rings. The third kappa shape index (κ3) is 5.91. The Kier molecular flexibility index (Phi) is 7.71. The van der Waals surface area contributed by atoms with Gasteiger partial charge in [0.1, 0.15) is 0 Å². The molecule has 0 unspecified atom stereocenters. The number of non-ortho nitro benzene ring substituents is 1. The van der Waals surface area contributed by atoms with Gasteiger partial charge in [0.25, 0.3) is 5.69 Å². The van der Waals surface area contributed by atoms with E-state index in [9.17, 15) is 14.9 Å². The van der Waals surface area contributed by atoms with E-state index < -0.39 is 4.92 Å². The number of benzene rings is 1. The summed E-state index contributed by atoms with van der Waals surface area (Å²) in [7, 11) is 0. The standard InChI is InChI=1S/C17H25N5O3S/c1-14(23)20-8-10-21(11-9-20)17(18-7-12-26-2)19-13-15-3-5-16(6-4-15)22(24)25/h3-6H,7-13H2,1-2H3,(H,18,19). The van der Waals surface area contributed by atoms with Crippen LogP contribution in [-0.4, -0.2) is 71.3 Å². The number of carbonyl (C=O) groups is 1. The maximum atomic E-state index is 11.5. The lowest BCUT2D eigenvalue weighted by Crippen LogP contribution is -2.53. The van der Waals surface area contributed by atoms with Crippen molar-refractivity contribution in [3.8, 4) is 0 Å². The molecule has 1 heterocycles. The lowest BCUT2D eigenvalue weighted by atomic mass is 10.2. The fourth-order valence-corrected chi connectivity index (χ4v) is 2.96. The van der Waals surface area contributed by atoms with Crippen molar-refractivity contribution in [1.29, 1.82) is 0 Å². The van der Waals surface area contributed by atoms with Crippen molar-refractivity contribution < 1.29 is 9.72 Å². The molecule has 1 amide bonds. The van der Waals surface area contributed by atoms with Crippen molar-refractivity contribution in [3.05, 3.63) is 39.9 Å². The van der Waals surface area contributed by atoms with Crippen LogP contribution in [0.2, 0.25) is 0 Å². The summed E-state index contributed by atoms with van der Waals surface area (Å²) in [6, 6.07) is 6.46. The van der Waals surface area contributed by atoms with E-state index >= 15 is 0 Å². The van der Waals surface area contributed by atoms with Crippen LogP contribution in [0.4, 0.5) is 5.69 Å². The molecule has 0 aliphatic carbocycles. The maximum Gasteiger partial charge on any atom is 0.269 e. The molecule has 0 bridgehead atoms. The fourth-order valence-electron chi connectivity index (χ4n) is 2.65. The van der Waals surface area contributed by atoms with E-state index in [0.717, 1.165) is 36.9 Å². The van der Waals surface area contributed by atoms with Gasteiger partial charge in [0.05, 0.1) is 11.5 Å². The number of amides is 1. The maximum absolute atomic E-state index is 11.5. The Labute approximate surface area is 157 Å². The van der Waals surface area contributed by atoms with Crippen LogP contribution < -0.4 is 5.32 Å². The molecule has 8 nitrogen and oxygen atoms in total. The number of hydrogen-bond acceptors (Lipinski definition) is 5. The number of carbonyl (C=O) groups excluding carboxylic acids is 1. The number of hydrogen-bond donors (Lipinski definition) is 1. The van der Waals surface area contributed by atoms with Gasteiger partial charge in [-0.25, -0.2) is 4.99 Å². The zero-order valence-electron chi connectivity index (χ0n) is 15.2.